The van der Waals surface area contributed by atoms with Crippen LogP contribution in [0, 0.1) is 0 Å². The molecule has 0 spiro atoms. The van der Waals surface area contributed by atoms with Crippen molar-refractivity contribution in [3.05, 3.63) is 90.0 Å². The Morgan fingerprint density at radius 1 is 0.882 bits per heavy atom. The molecule has 0 radical (unpaired) electrons. The first-order valence-corrected chi connectivity index (χ1v) is 12.2. The van der Waals surface area contributed by atoms with Crippen molar-refractivity contribution < 1.29 is 29.0 Å². The van der Waals surface area contributed by atoms with E-state index < -0.39 is 30.8 Å². The van der Waals surface area contributed by atoms with E-state index in [9.17, 15) is 23.9 Å². The van der Waals surface area contributed by atoms with Crippen molar-refractivity contribution >= 4 is 25.2 Å². The van der Waals surface area contributed by atoms with Crippen LogP contribution in [0.25, 0.3) is 11.1 Å². The van der Waals surface area contributed by atoms with Crippen molar-refractivity contribution in [2.24, 2.45) is 0 Å². The van der Waals surface area contributed by atoms with Gasteiger partial charge in [-0.3, -0.25) is 14.7 Å². The van der Waals surface area contributed by atoms with E-state index in [0.717, 1.165) is 16.7 Å². The molecule has 5 N–H and O–H groups in total. The van der Waals surface area contributed by atoms with Gasteiger partial charge in [0, 0.05) is 5.69 Å². The Morgan fingerprint density at radius 2 is 1.44 bits per heavy atom. The highest BCUT2D eigenvalue weighted by Crippen LogP contribution is 2.48. The summed E-state index contributed by atoms with van der Waals surface area (Å²) in [5, 5.41) is 12.9. The van der Waals surface area contributed by atoms with E-state index in [1.165, 1.54) is 38.1 Å². The van der Waals surface area contributed by atoms with Crippen LogP contribution in [-0.2, 0) is 15.8 Å². The third-order valence-electron chi connectivity index (χ3n) is 5.47. The monoisotopic (exact) mass is 482 g/mol. The van der Waals surface area contributed by atoms with E-state index in [4.69, 9.17) is 5.11 Å². The average Bonchev–Trinajstić information content (AvgIpc) is 2.79. The van der Waals surface area contributed by atoms with Gasteiger partial charge >= 0.3 is 13.6 Å². The molecule has 178 valence electrons. The van der Waals surface area contributed by atoms with E-state index in [1.54, 1.807) is 0 Å². The minimum atomic E-state index is -4.57. The molecule has 1 unspecified atom stereocenters. The third-order valence-corrected chi connectivity index (χ3v) is 7.06. The molecule has 0 heterocycles. The Kier molecular flexibility index (Phi) is 7.69. The number of nitrogens with one attached hydrogen (secondary N) is 2. The number of benzene rings is 3. The smallest absolute Gasteiger partial charge is 0.344 e. The number of anilines is 1. The highest BCUT2D eigenvalue weighted by molar-refractivity contribution is 7.53. The minimum Gasteiger partial charge on any atom is -0.478 e. The van der Waals surface area contributed by atoms with Crippen molar-refractivity contribution in [1.82, 2.24) is 5.32 Å². The lowest BCUT2D eigenvalue weighted by molar-refractivity contribution is -0.118. The quantitative estimate of drug-likeness (QED) is 0.290. The summed E-state index contributed by atoms with van der Waals surface area (Å²) in [6.45, 7) is 2.68. The Morgan fingerprint density at radius 3 is 1.97 bits per heavy atom. The summed E-state index contributed by atoms with van der Waals surface area (Å²) in [6.07, 6.45) is 0.178. The second-order valence-electron chi connectivity index (χ2n) is 8.44. The van der Waals surface area contributed by atoms with Crippen LogP contribution < -0.4 is 10.6 Å². The van der Waals surface area contributed by atoms with Gasteiger partial charge in [0.05, 0.1) is 11.6 Å². The summed E-state index contributed by atoms with van der Waals surface area (Å²) in [7, 11) is -4.57. The van der Waals surface area contributed by atoms with Gasteiger partial charge in [-0.25, -0.2) is 4.79 Å². The van der Waals surface area contributed by atoms with Crippen LogP contribution >= 0.6 is 7.60 Å². The Balaban J connectivity index is 1.82. The van der Waals surface area contributed by atoms with Crippen LogP contribution in [0.2, 0.25) is 0 Å². The highest BCUT2D eigenvalue weighted by Gasteiger charge is 2.40. The first kappa shape index (κ1) is 25.3. The van der Waals surface area contributed by atoms with Crippen molar-refractivity contribution in [1.29, 1.82) is 0 Å². The molecule has 8 nitrogen and oxygen atoms in total. The molecule has 3 aromatic carbocycles. The zero-order valence-electron chi connectivity index (χ0n) is 18.8. The fourth-order valence-corrected chi connectivity index (χ4v) is 3.67. The van der Waals surface area contributed by atoms with Gasteiger partial charge in [-0.2, -0.15) is 0 Å². The SMILES string of the molecule is CC(C)(NC(Cc1ccc(-c2ccccc2)cc1)C(=O)Nc1ccc(C(=O)O)cc1)P(=O)(O)O. The lowest BCUT2D eigenvalue weighted by Gasteiger charge is -2.32. The summed E-state index contributed by atoms with van der Waals surface area (Å²) < 4.78 is 12.0. The van der Waals surface area contributed by atoms with Gasteiger partial charge < -0.3 is 20.2 Å². The number of hydrogen-bond acceptors (Lipinski definition) is 4. The molecule has 0 bridgehead atoms. The second-order valence-corrected chi connectivity index (χ2v) is 10.6. The molecule has 1 amide bonds. The van der Waals surface area contributed by atoms with E-state index in [-0.39, 0.29) is 12.0 Å². The largest absolute Gasteiger partial charge is 0.478 e. The average molecular weight is 482 g/mol. The molecular weight excluding hydrogens is 455 g/mol. The Bertz CT molecular complexity index is 1190. The summed E-state index contributed by atoms with van der Waals surface area (Å²) in [5.41, 5.74) is 3.31. The predicted octanol–water partition coefficient (Wildman–Crippen LogP) is 4.11. The summed E-state index contributed by atoms with van der Waals surface area (Å²) in [6, 6.07) is 22.1. The zero-order chi connectivity index (χ0) is 24.9. The van der Waals surface area contributed by atoms with Crippen LogP contribution in [0.4, 0.5) is 5.69 Å². The van der Waals surface area contributed by atoms with Gasteiger partial charge in [0.2, 0.25) is 5.91 Å². The first-order valence-electron chi connectivity index (χ1n) is 10.6. The van der Waals surface area contributed by atoms with Gasteiger partial charge in [0.1, 0.15) is 5.28 Å². The number of amides is 1. The van der Waals surface area contributed by atoms with Gasteiger partial charge in [0.25, 0.3) is 0 Å². The number of carbonyl (C=O) groups is 2. The van der Waals surface area contributed by atoms with Crippen LogP contribution in [0.5, 0.6) is 0 Å². The number of aromatic carboxylic acids is 1. The minimum absolute atomic E-state index is 0.0776. The maximum atomic E-state index is 13.1. The summed E-state index contributed by atoms with van der Waals surface area (Å²) >= 11 is 0. The second kappa shape index (κ2) is 10.3. The Labute approximate surface area is 197 Å². The molecule has 0 fully saturated rings. The molecule has 0 aliphatic heterocycles. The first-order chi connectivity index (χ1) is 16.0. The molecule has 0 aliphatic carbocycles. The van der Waals surface area contributed by atoms with Crippen LogP contribution in [0.3, 0.4) is 0 Å². The molecule has 1 atom stereocenters. The van der Waals surface area contributed by atoms with Crippen molar-refractivity contribution in [2.75, 3.05) is 5.32 Å². The zero-order valence-corrected chi connectivity index (χ0v) is 19.7. The molecule has 9 heteroatoms. The van der Waals surface area contributed by atoms with Gasteiger partial charge in [-0.15, -0.1) is 0 Å². The number of carboxylic acids is 1. The lowest BCUT2D eigenvalue weighted by Crippen LogP contribution is -2.52. The van der Waals surface area contributed by atoms with E-state index in [2.05, 4.69) is 10.6 Å². The Hall–Kier alpha value is -3.29. The van der Waals surface area contributed by atoms with E-state index >= 15 is 0 Å². The fraction of sp³-hybridized carbons (Fsp3) is 0.200. The van der Waals surface area contributed by atoms with Crippen LogP contribution in [-0.4, -0.2) is 38.1 Å². The summed E-state index contributed by atoms with van der Waals surface area (Å²) in [5.74, 6) is -1.59. The number of rotatable bonds is 9. The van der Waals surface area contributed by atoms with Crippen molar-refractivity contribution in [3.63, 3.8) is 0 Å². The van der Waals surface area contributed by atoms with Crippen LogP contribution in [0.1, 0.15) is 29.8 Å². The van der Waals surface area contributed by atoms with E-state index in [1.807, 2.05) is 54.6 Å². The number of hydrogen-bond donors (Lipinski definition) is 5. The lowest BCUT2D eigenvalue weighted by atomic mass is 10.00. The molecule has 3 rings (SSSR count). The molecule has 0 saturated heterocycles. The molecule has 0 aromatic heterocycles. The van der Waals surface area contributed by atoms with Gasteiger partial charge in [-0.1, -0.05) is 54.6 Å². The topological polar surface area (TPSA) is 136 Å². The van der Waals surface area contributed by atoms with Crippen molar-refractivity contribution in [3.8, 4) is 11.1 Å². The fourth-order valence-electron chi connectivity index (χ4n) is 3.34. The molecular formula is C25H27N2O6P. The molecule has 0 aliphatic rings. The maximum absolute atomic E-state index is 13.1. The van der Waals surface area contributed by atoms with Crippen LogP contribution in [0.15, 0.2) is 78.9 Å². The van der Waals surface area contributed by atoms with E-state index in [0.29, 0.717) is 5.69 Å². The third kappa shape index (κ3) is 6.40. The molecule has 0 saturated carbocycles. The number of carbonyl (C=O) groups excluding carboxylic acids is 1. The van der Waals surface area contributed by atoms with Gasteiger partial charge in [-0.05, 0) is 61.2 Å². The summed E-state index contributed by atoms with van der Waals surface area (Å²) in [4.78, 5) is 43.6. The highest BCUT2D eigenvalue weighted by atomic mass is 31.2. The standard InChI is InChI=1S/C25H27N2O6P/c1-25(2,34(31,32)33)27-22(23(28)26-21-14-12-20(13-15-21)24(29)30)16-17-8-10-19(11-9-17)18-6-4-3-5-7-18/h3-15,22,27H,16H2,1-2H3,(H,26,28)(H,29,30)(H2,31,32,33). The predicted molar refractivity (Wildman–Crippen MR) is 131 cm³/mol. The maximum Gasteiger partial charge on any atom is 0.344 e. The number of carboxylic acid groups (broad SMARTS) is 1. The molecule has 3 aromatic rings. The van der Waals surface area contributed by atoms with Gasteiger partial charge in [0.15, 0.2) is 0 Å². The van der Waals surface area contributed by atoms with Crippen molar-refractivity contribution in [2.45, 2.75) is 31.6 Å². The normalized spacial score (nSPS) is 12.7. The molecule has 34 heavy (non-hydrogen) atoms.